The smallest absolute Gasteiger partial charge is 0.341 e. The van der Waals surface area contributed by atoms with Crippen LogP contribution < -0.4 is 16.1 Å². The zero-order valence-corrected chi connectivity index (χ0v) is 16.1. The molecular formula is C20H17F2N5O4. The number of nitrogens with zero attached hydrogens (tertiary/aromatic N) is 4. The number of nitrogen functional groups attached to an aromatic ring is 1. The molecule has 3 aromatic rings. The summed E-state index contributed by atoms with van der Waals surface area (Å²) >= 11 is 0. The number of carbonyl (C=O) groups is 1. The van der Waals surface area contributed by atoms with Crippen molar-refractivity contribution in [1.82, 2.24) is 14.5 Å². The van der Waals surface area contributed by atoms with Crippen LogP contribution in [0.2, 0.25) is 0 Å². The third-order valence-electron chi connectivity index (χ3n) is 5.74. The monoisotopic (exact) mass is 429 g/mol. The first-order valence-electron chi connectivity index (χ1n) is 9.65. The molecule has 2 aromatic heterocycles. The van der Waals surface area contributed by atoms with Gasteiger partial charge in [-0.2, -0.15) is 0 Å². The lowest BCUT2D eigenvalue weighted by Crippen LogP contribution is -2.33. The van der Waals surface area contributed by atoms with Crippen molar-refractivity contribution in [2.24, 2.45) is 0 Å². The van der Waals surface area contributed by atoms with E-state index in [1.807, 2.05) is 0 Å². The maximum absolute atomic E-state index is 15.7. The average Bonchev–Trinajstić information content (AvgIpc) is 3.57. The van der Waals surface area contributed by atoms with Crippen LogP contribution >= 0.6 is 0 Å². The maximum Gasteiger partial charge on any atom is 0.341 e. The van der Waals surface area contributed by atoms with Crippen LogP contribution in [0.3, 0.4) is 0 Å². The van der Waals surface area contributed by atoms with E-state index in [9.17, 15) is 19.8 Å². The van der Waals surface area contributed by atoms with Gasteiger partial charge in [-0.05, 0) is 12.8 Å². The summed E-state index contributed by atoms with van der Waals surface area (Å²) in [4.78, 5) is 33.6. The molecule has 31 heavy (non-hydrogen) atoms. The molecule has 0 spiro atoms. The molecule has 2 aliphatic rings. The molecule has 0 unspecified atom stereocenters. The molecule has 1 aromatic carbocycles. The molecule has 0 atom stereocenters. The number of carboxylic acid groups (broad SMARTS) is 1. The van der Waals surface area contributed by atoms with E-state index in [0.29, 0.717) is 30.5 Å². The molecule has 0 radical (unpaired) electrons. The molecule has 9 nitrogen and oxygen atoms in total. The molecule has 1 fully saturated rings. The van der Waals surface area contributed by atoms with E-state index in [0.717, 1.165) is 6.20 Å². The second kappa shape index (κ2) is 6.62. The molecule has 3 heterocycles. The van der Waals surface area contributed by atoms with Crippen LogP contribution in [0.15, 0.2) is 17.2 Å². The van der Waals surface area contributed by atoms with Crippen LogP contribution in [-0.2, 0) is 13.0 Å². The maximum atomic E-state index is 15.7. The Morgan fingerprint density at radius 2 is 2.00 bits per heavy atom. The minimum atomic E-state index is -1.53. The molecule has 1 saturated carbocycles. The quantitative estimate of drug-likeness (QED) is 0.575. The van der Waals surface area contributed by atoms with Crippen molar-refractivity contribution in [2.45, 2.75) is 31.8 Å². The van der Waals surface area contributed by atoms with Gasteiger partial charge in [0.05, 0.1) is 16.6 Å². The number of pyridine rings is 1. The minimum absolute atomic E-state index is 0.0786. The number of aromatic carboxylic acids is 1. The van der Waals surface area contributed by atoms with Gasteiger partial charge in [-0.1, -0.05) is 0 Å². The highest BCUT2D eigenvalue weighted by Gasteiger charge is 2.34. The first-order valence-corrected chi connectivity index (χ1v) is 9.65. The lowest BCUT2D eigenvalue weighted by molar-refractivity contribution is 0.0695. The fourth-order valence-electron chi connectivity index (χ4n) is 4.10. The number of anilines is 2. The van der Waals surface area contributed by atoms with Crippen molar-refractivity contribution in [3.63, 3.8) is 0 Å². The minimum Gasteiger partial charge on any atom is -0.504 e. The van der Waals surface area contributed by atoms with Crippen LogP contribution in [0.1, 0.15) is 40.5 Å². The highest BCUT2D eigenvalue weighted by Crippen LogP contribution is 2.43. The van der Waals surface area contributed by atoms with Gasteiger partial charge in [0.2, 0.25) is 11.4 Å². The number of hydrogen-bond acceptors (Lipinski definition) is 7. The van der Waals surface area contributed by atoms with Crippen LogP contribution in [-0.4, -0.2) is 37.3 Å². The number of halogens is 2. The van der Waals surface area contributed by atoms with Crippen LogP contribution in [0.5, 0.6) is 5.75 Å². The Bertz CT molecular complexity index is 1340. The van der Waals surface area contributed by atoms with Gasteiger partial charge in [0, 0.05) is 43.5 Å². The Labute approximate surface area is 173 Å². The molecule has 4 N–H and O–H groups in total. The molecule has 0 saturated heterocycles. The summed E-state index contributed by atoms with van der Waals surface area (Å²) in [6.45, 7) is 0.276. The summed E-state index contributed by atoms with van der Waals surface area (Å²) in [5.41, 5.74) is 4.35. The zero-order valence-electron chi connectivity index (χ0n) is 16.1. The Hall–Kier alpha value is -3.76. The van der Waals surface area contributed by atoms with E-state index in [-0.39, 0.29) is 30.6 Å². The largest absolute Gasteiger partial charge is 0.504 e. The summed E-state index contributed by atoms with van der Waals surface area (Å²) in [5.74, 6) is -4.82. The van der Waals surface area contributed by atoms with Gasteiger partial charge in [0.25, 0.3) is 0 Å². The Balaban J connectivity index is 1.75. The molecule has 0 bridgehead atoms. The first-order chi connectivity index (χ1) is 14.8. The van der Waals surface area contributed by atoms with Crippen molar-refractivity contribution in [2.75, 3.05) is 17.2 Å². The molecular weight excluding hydrogens is 412 g/mol. The standard InChI is InChI=1S/C20H17F2N5O4/c21-13-15-12(17(28)10(19(30)31)7-27(15)9-1-2-9)18(29)14(22)16(13)26-4-3-11-8(6-26)5-24-20(23)25-11/h5,7,9,29H,1-4,6H2,(H,30,31)(H2,23,24,25). The summed E-state index contributed by atoms with van der Waals surface area (Å²) < 4.78 is 32.3. The fourth-order valence-corrected chi connectivity index (χ4v) is 4.10. The number of hydrogen-bond donors (Lipinski definition) is 3. The average molecular weight is 429 g/mol. The molecule has 11 heteroatoms. The highest BCUT2D eigenvalue weighted by atomic mass is 19.1. The number of benzene rings is 1. The molecule has 1 aliphatic heterocycles. The first kappa shape index (κ1) is 19.2. The lowest BCUT2D eigenvalue weighted by Gasteiger charge is -2.31. The third kappa shape index (κ3) is 2.87. The van der Waals surface area contributed by atoms with Crippen molar-refractivity contribution < 1.29 is 23.8 Å². The summed E-state index contributed by atoms with van der Waals surface area (Å²) in [7, 11) is 0. The summed E-state index contributed by atoms with van der Waals surface area (Å²) in [6, 6.07) is -0.230. The van der Waals surface area contributed by atoms with Crippen LogP contribution in [0.25, 0.3) is 10.9 Å². The van der Waals surface area contributed by atoms with Gasteiger partial charge < -0.3 is 25.4 Å². The van der Waals surface area contributed by atoms with Gasteiger partial charge >= 0.3 is 5.97 Å². The number of nitrogens with two attached hydrogens (primary N) is 1. The van der Waals surface area contributed by atoms with E-state index in [1.165, 1.54) is 15.7 Å². The van der Waals surface area contributed by atoms with Crippen LogP contribution in [0, 0.1) is 11.6 Å². The lowest BCUT2D eigenvalue weighted by atomic mass is 10.0. The van der Waals surface area contributed by atoms with E-state index in [2.05, 4.69) is 9.97 Å². The van der Waals surface area contributed by atoms with Crippen molar-refractivity contribution in [3.05, 3.63) is 51.1 Å². The second-order valence-corrected chi connectivity index (χ2v) is 7.74. The van der Waals surface area contributed by atoms with Gasteiger partial charge in [0.15, 0.2) is 17.4 Å². The predicted octanol–water partition coefficient (Wildman–Crippen LogP) is 1.95. The normalized spacial score (nSPS) is 15.9. The SMILES string of the molecule is Nc1ncc2c(n1)CCN(c1c(F)c(O)c3c(=O)c(C(=O)O)cn(C4CC4)c3c1F)C2. The summed E-state index contributed by atoms with van der Waals surface area (Å²) in [5, 5.41) is 19.2. The number of aromatic hydroxyl groups is 1. The number of rotatable bonds is 3. The number of fused-ring (bicyclic) bond motifs is 2. The Morgan fingerprint density at radius 1 is 1.26 bits per heavy atom. The van der Waals surface area contributed by atoms with Gasteiger partial charge in [0.1, 0.15) is 11.3 Å². The molecule has 1 aliphatic carbocycles. The van der Waals surface area contributed by atoms with Gasteiger partial charge in [-0.25, -0.2) is 23.5 Å². The number of carboxylic acids is 1. The van der Waals surface area contributed by atoms with Crippen molar-refractivity contribution in [3.8, 4) is 5.75 Å². The molecule has 0 amide bonds. The Morgan fingerprint density at radius 3 is 2.68 bits per heavy atom. The molecule has 160 valence electrons. The number of phenolic OH excluding ortho intramolecular Hbond substituents is 1. The third-order valence-corrected chi connectivity index (χ3v) is 5.74. The fraction of sp³-hybridized carbons (Fsp3) is 0.300. The van der Waals surface area contributed by atoms with Gasteiger partial charge in [-0.15, -0.1) is 0 Å². The van der Waals surface area contributed by atoms with Crippen molar-refractivity contribution in [1.29, 1.82) is 0 Å². The summed E-state index contributed by atoms with van der Waals surface area (Å²) in [6.07, 6.45) is 4.21. The van der Waals surface area contributed by atoms with E-state index in [4.69, 9.17) is 5.73 Å². The number of phenols is 1. The topological polar surface area (TPSA) is 135 Å². The highest BCUT2D eigenvalue weighted by molar-refractivity contribution is 5.96. The molecule has 5 rings (SSSR count). The van der Waals surface area contributed by atoms with E-state index < -0.39 is 45.4 Å². The van der Waals surface area contributed by atoms with Gasteiger partial charge in [-0.3, -0.25) is 4.79 Å². The Kier molecular flexibility index (Phi) is 4.11. The predicted molar refractivity (Wildman–Crippen MR) is 106 cm³/mol. The number of aromatic nitrogens is 3. The van der Waals surface area contributed by atoms with E-state index >= 15 is 8.78 Å². The zero-order chi connectivity index (χ0) is 22.0. The van der Waals surface area contributed by atoms with Crippen LogP contribution in [0.4, 0.5) is 20.4 Å². The second-order valence-electron chi connectivity index (χ2n) is 7.74. The van der Waals surface area contributed by atoms with Crippen molar-refractivity contribution >= 4 is 28.5 Å². The van der Waals surface area contributed by atoms with E-state index in [1.54, 1.807) is 0 Å².